The van der Waals surface area contributed by atoms with Crippen molar-refractivity contribution in [2.45, 2.75) is 12.1 Å². The Bertz CT molecular complexity index is 363. The summed E-state index contributed by atoms with van der Waals surface area (Å²) in [6.07, 6.45) is -0.581. The van der Waals surface area contributed by atoms with E-state index in [1.54, 1.807) is 6.07 Å². The lowest BCUT2D eigenvalue weighted by atomic mass is 10.1. The van der Waals surface area contributed by atoms with Crippen molar-refractivity contribution in [2.75, 3.05) is 33.9 Å². The highest BCUT2D eigenvalue weighted by atomic mass is 19.1. The number of ether oxygens (including phenoxy) is 1. The van der Waals surface area contributed by atoms with Crippen molar-refractivity contribution in [1.29, 1.82) is 0 Å². The van der Waals surface area contributed by atoms with Crippen LogP contribution >= 0.6 is 0 Å². The summed E-state index contributed by atoms with van der Waals surface area (Å²) in [6, 6.07) is 6.24. The maximum atomic E-state index is 13.2. The molecule has 0 aliphatic rings. The van der Waals surface area contributed by atoms with E-state index in [0.717, 1.165) is 5.56 Å². The number of hydrogen-bond acceptors (Lipinski definition) is 4. The molecule has 1 aromatic carbocycles. The number of nitrogens with zero attached hydrogens (tertiary/aromatic N) is 1. The predicted octanol–water partition coefficient (Wildman–Crippen LogP) is 0.765. The van der Waals surface area contributed by atoms with Crippen molar-refractivity contribution in [3.8, 4) is 0 Å². The minimum Gasteiger partial charge on any atom is -0.389 e. The van der Waals surface area contributed by atoms with Gasteiger partial charge in [-0.05, 0) is 24.7 Å². The molecule has 0 aliphatic heterocycles. The van der Waals surface area contributed by atoms with Crippen LogP contribution in [0.25, 0.3) is 0 Å². The van der Waals surface area contributed by atoms with Crippen LogP contribution < -0.4 is 5.73 Å². The first-order valence-electron chi connectivity index (χ1n) is 5.91. The molecule has 0 aromatic heterocycles. The molecule has 2 atom stereocenters. The lowest BCUT2D eigenvalue weighted by Gasteiger charge is -2.29. The van der Waals surface area contributed by atoms with Crippen LogP contribution in [0.1, 0.15) is 11.6 Å². The fourth-order valence-corrected chi connectivity index (χ4v) is 1.99. The molecule has 0 bridgehead atoms. The standard InChI is InChI=1S/C13H21FN2O2/c1-16(8-12(17)9-18-2)13(7-15)10-4-3-5-11(14)6-10/h3-6,12-13,17H,7-9,15H2,1-2H3. The molecule has 0 heterocycles. The number of nitrogens with two attached hydrogens (primary N) is 1. The lowest BCUT2D eigenvalue weighted by molar-refractivity contribution is 0.0348. The summed E-state index contributed by atoms with van der Waals surface area (Å²) in [4.78, 5) is 1.90. The molecule has 102 valence electrons. The molecule has 0 spiro atoms. The first-order valence-corrected chi connectivity index (χ1v) is 5.91. The minimum absolute atomic E-state index is 0.118. The van der Waals surface area contributed by atoms with Gasteiger partial charge >= 0.3 is 0 Å². The Balaban J connectivity index is 2.70. The summed E-state index contributed by atoms with van der Waals surface area (Å²) in [7, 11) is 3.39. The molecule has 1 rings (SSSR count). The van der Waals surface area contributed by atoms with Gasteiger partial charge in [0.25, 0.3) is 0 Å². The van der Waals surface area contributed by atoms with Crippen molar-refractivity contribution >= 4 is 0 Å². The SMILES string of the molecule is COCC(O)CN(C)C(CN)c1cccc(F)c1. The van der Waals surface area contributed by atoms with E-state index in [9.17, 15) is 9.50 Å². The topological polar surface area (TPSA) is 58.7 Å². The zero-order chi connectivity index (χ0) is 13.5. The molecule has 0 saturated carbocycles. The van der Waals surface area contributed by atoms with Gasteiger partial charge < -0.3 is 15.6 Å². The maximum absolute atomic E-state index is 13.2. The molecule has 0 aliphatic carbocycles. The Morgan fingerprint density at radius 1 is 1.50 bits per heavy atom. The van der Waals surface area contributed by atoms with Crippen LogP contribution in [0, 0.1) is 5.82 Å². The summed E-state index contributed by atoms with van der Waals surface area (Å²) in [5, 5.41) is 9.68. The number of aliphatic hydroxyl groups excluding tert-OH is 1. The van der Waals surface area contributed by atoms with E-state index in [2.05, 4.69) is 0 Å². The van der Waals surface area contributed by atoms with E-state index in [-0.39, 0.29) is 18.5 Å². The zero-order valence-corrected chi connectivity index (χ0v) is 10.8. The second-order valence-corrected chi connectivity index (χ2v) is 4.36. The summed E-state index contributed by atoms with van der Waals surface area (Å²) < 4.78 is 18.1. The summed E-state index contributed by atoms with van der Waals surface area (Å²) >= 11 is 0. The fraction of sp³-hybridized carbons (Fsp3) is 0.538. The van der Waals surface area contributed by atoms with Crippen molar-refractivity contribution in [2.24, 2.45) is 5.73 Å². The number of rotatable bonds is 7. The maximum Gasteiger partial charge on any atom is 0.123 e. The van der Waals surface area contributed by atoms with Crippen LogP contribution in [0.2, 0.25) is 0 Å². The molecule has 4 nitrogen and oxygen atoms in total. The van der Waals surface area contributed by atoms with Crippen LogP contribution in [0.4, 0.5) is 4.39 Å². The third-order valence-electron chi connectivity index (χ3n) is 2.85. The third kappa shape index (κ3) is 4.34. The van der Waals surface area contributed by atoms with Crippen molar-refractivity contribution < 1.29 is 14.2 Å². The van der Waals surface area contributed by atoms with Gasteiger partial charge in [0.05, 0.1) is 12.7 Å². The van der Waals surface area contributed by atoms with E-state index < -0.39 is 6.10 Å². The number of benzene rings is 1. The lowest BCUT2D eigenvalue weighted by Crippen LogP contribution is -2.37. The monoisotopic (exact) mass is 256 g/mol. The van der Waals surface area contributed by atoms with Gasteiger partial charge in [-0.3, -0.25) is 4.90 Å². The molecule has 0 saturated heterocycles. The number of aliphatic hydroxyl groups is 1. The number of likely N-dealkylation sites (N-methyl/N-ethyl adjacent to an activating group) is 1. The van der Waals surface area contributed by atoms with Crippen LogP contribution in [0.5, 0.6) is 0 Å². The molecule has 0 amide bonds. The van der Waals surface area contributed by atoms with E-state index >= 15 is 0 Å². The Labute approximate surface area is 107 Å². The molecule has 0 fully saturated rings. The van der Waals surface area contributed by atoms with E-state index in [1.165, 1.54) is 19.2 Å². The zero-order valence-electron chi connectivity index (χ0n) is 10.8. The highest BCUT2D eigenvalue weighted by Gasteiger charge is 2.18. The van der Waals surface area contributed by atoms with E-state index in [4.69, 9.17) is 10.5 Å². The van der Waals surface area contributed by atoms with Crippen LogP contribution in [-0.4, -0.2) is 50.0 Å². The van der Waals surface area contributed by atoms with Gasteiger partial charge in [0, 0.05) is 26.2 Å². The summed E-state index contributed by atoms with van der Waals surface area (Å²) in [6.45, 7) is 1.05. The van der Waals surface area contributed by atoms with Gasteiger partial charge in [-0.15, -0.1) is 0 Å². The van der Waals surface area contributed by atoms with Gasteiger partial charge in [0.15, 0.2) is 0 Å². The average Bonchev–Trinajstić information content (AvgIpc) is 2.30. The Kier molecular flexibility index (Phi) is 6.21. The number of methoxy groups -OCH3 is 1. The van der Waals surface area contributed by atoms with Crippen LogP contribution in [0.3, 0.4) is 0 Å². The summed E-state index contributed by atoms with van der Waals surface area (Å²) in [5.41, 5.74) is 6.54. The molecule has 1 aromatic rings. The van der Waals surface area contributed by atoms with Gasteiger partial charge in [-0.1, -0.05) is 12.1 Å². The number of hydrogen-bond donors (Lipinski definition) is 2. The normalized spacial score (nSPS) is 14.8. The molecular weight excluding hydrogens is 235 g/mol. The molecule has 2 unspecified atom stereocenters. The largest absolute Gasteiger partial charge is 0.389 e. The van der Waals surface area contributed by atoms with E-state index in [0.29, 0.717) is 13.1 Å². The number of halogens is 1. The highest BCUT2D eigenvalue weighted by Crippen LogP contribution is 2.19. The molecule has 3 N–H and O–H groups in total. The second kappa shape index (κ2) is 7.43. The smallest absolute Gasteiger partial charge is 0.123 e. The second-order valence-electron chi connectivity index (χ2n) is 4.36. The van der Waals surface area contributed by atoms with E-state index in [1.807, 2.05) is 18.0 Å². The van der Waals surface area contributed by atoms with Gasteiger partial charge in [-0.2, -0.15) is 0 Å². The average molecular weight is 256 g/mol. The molecular formula is C13H21FN2O2. The Hall–Kier alpha value is -1.01. The Morgan fingerprint density at radius 3 is 2.78 bits per heavy atom. The quantitative estimate of drug-likeness (QED) is 0.756. The van der Waals surface area contributed by atoms with Gasteiger partial charge in [-0.25, -0.2) is 4.39 Å². The highest BCUT2D eigenvalue weighted by molar-refractivity contribution is 5.20. The first-order chi connectivity index (χ1) is 8.58. The Morgan fingerprint density at radius 2 is 2.22 bits per heavy atom. The fourth-order valence-electron chi connectivity index (χ4n) is 1.99. The third-order valence-corrected chi connectivity index (χ3v) is 2.85. The van der Waals surface area contributed by atoms with Crippen LogP contribution in [-0.2, 0) is 4.74 Å². The van der Waals surface area contributed by atoms with Crippen molar-refractivity contribution in [3.63, 3.8) is 0 Å². The molecule has 0 radical (unpaired) electrons. The minimum atomic E-state index is -0.581. The predicted molar refractivity (Wildman–Crippen MR) is 68.7 cm³/mol. The molecule has 5 heteroatoms. The first kappa shape index (κ1) is 15.0. The van der Waals surface area contributed by atoms with Crippen molar-refractivity contribution in [3.05, 3.63) is 35.6 Å². The van der Waals surface area contributed by atoms with Gasteiger partial charge in [0.2, 0.25) is 0 Å². The van der Waals surface area contributed by atoms with Crippen LogP contribution in [0.15, 0.2) is 24.3 Å². The van der Waals surface area contributed by atoms with Gasteiger partial charge in [0.1, 0.15) is 5.82 Å². The molecule has 18 heavy (non-hydrogen) atoms. The summed E-state index contributed by atoms with van der Waals surface area (Å²) in [5.74, 6) is -0.281. The van der Waals surface area contributed by atoms with Crippen molar-refractivity contribution in [1.82, 2.24) is 4.90 Å².